The molecule has 0 spiro atoms. The maximum atomic E-state index is 13.5. The minimum Gasteiger partial charge on any atom is -0.493 e. The number of carbonyl (C=O) groups excluding carboxylic acids is 1. The number of morpholine rings is 1. The first-order valence-corrected chi connectivity index (χ1v) is 14.3. The van der Waals surface area contributed by atoms with E-state index >= 15 is 0 Å². The Morgan fingerprint density at radius 3 is 2.71 bits per heavy atom. The molecule has 0 N–H and O–H groups in total. The van der Waals surface area contributed by atoms with Crippen molar-refractivity contribution in [1.29, 1.82) is 0 Å². The quantitative estimate of drug-likeness (QED) is 0.374. The summed E-state index contributed by atoms with van der Waals surface area (Å²) in [6.07, 6.45) is 5.82. The first-order valence-electron chi connectivity index (χ1n) is 13.9. The van der Waals surface area contributed by atoms with Crippen LogP contribution in [0.1, 0.15) is 42.9 Å². The van der Waals surface area contributed by atoms with Crippen LogP contribution >= 0.6 is 11.6 Å². The van der Waals surface area contributed by atoms with Gasteiger partial charge in [0.15, 0.2) is 0 Å². The molecule has 6 nitrogen and oxygen atoms in total. The van der Waals surface area contributed by atoms with E-state index in [0.717, 1.165) is 55.2 Å². The van der Waals surface area contributed by atoms with Crippen molar-refractivity contribution in [3.63, 3.8) is 0 Å². The van der Waals surface area contributed by atoms with Crippen LogP contribution in [-0.2, 0) is 29.5 Å². The van der Waals surface area contributed by atoms with Gasteiger partial charge in [-0.1, -0.05) is 36.7 Å². The van der Waals surface area contributed by atoms with E-state index in [0.29, 0.717) is 39.3 Å². The maximum Gasteiger partial charge on any atom is 0.223 e. The number of nitrogens with zero attached hydrogens (tertiary/aromatic N) is 3. The molecule has 0 unspecified atom stereocenters. The standard InChI is InChI=1S/C31H40ClN3O3/c1-4-24-7-5-8-27-25(19-33(3)30(24)27)20-34-12-6-11-31(21-34,18-29(36)35-13-15-37-16-14-35)22-38-26-9-10-28(32)23(2)17-26/h5,7-10,17,19H,4,6,11-16,18,20-22H2,1-3H3/t31-/m0/s1. The fourth-order valence-electron chi connectivity index (χ4n) is 6.23. The second-order valence-corrected chi connectivity index (χ2v) is 11.5. The van der Waals surface area contributed by atoms with Gasteiger partial charge >= 0.3 is 0 Å². The molecule has 3 aromatic rings. The Bertz CT molecular complexity index is 1280. The van der Waals surface area contributed by atoms with Crippen molar-refractivity contribution in [3.05, 3.63) is 64.3 Å². The van der Waals surface area contributed by atoms with E-state index in [1.165, 1.54) is 22.0 Å². The Labute approximate surface area is 231 Å². The Hall–Kier alpha value is -2.54. The predicted octanol–water partition coefficient (Wildman–Crippen LogP) is 5.61. The van der Waals surface area contributed by atoms with Crippen molar-refractivity contribution in [2.75, 3.05) is 46.0 Å². The van der Waals surface area contributed by atoms with Gasteiger partial charge in [0.1, 0.15) is 5.75 Å². The normalized spacial score (nSPS) is 20.7. The fourth-order valence-corrected chi connectivity index (χ4v) is 6.35. The number of piperidine rings is 1. The van der Waals surface area contributed by atoms with E-state index in [9.17, 15) is 4.79 Å². The Morgan fingerprint density at radius 1 is 1.13 bits per heavy atom. The van der Waals surface area contributed by atoms with E-state index in [1.54, 1.807) is 0 Å². The first-order chi connectivity index (χ1) is 18.4. The van der Waals surface area contributed by atoms with Crippen molar-refractivity contribution < 1.29 is 14.3 Å². The van der Waals surface area contributed by atoms with Gasteiger partial charge in [0.05, 0.1) is 25.3 Å². The number of rotatable bonds is 8. The third-order valence-corrected chi connectivity index (χ3v) is 8.67. The summed E-state index contributed by atoms with van der Waals surface area (Å²) < 4.78 is 14.2. The molecule has 0 radical (unpaired) electrons. The lowest BCUT2D eigenvalue weighted by molar-refractivity contribution is -0.139. The van der Waals surface area contributed by atoms with E-state index in [4.69, 9.17) is 21.1 Å². The zero-order valence-corrected chi connectivity index (χ0v) is 23.7. The number of halogens is 1. The number of ether oxygens (including phenoxy) is 2. The lowest BCUT2D eigenvalue weighted by Crippen LogP contribution is -2.50. The van der Waals surface area contributed by atoms with E-state index in [1.807, 2.05) is 30.0 Å². The lowest BCUT2D eigenvalue weighted by atomic mass is 9.77. The van der Waals surface area contributed by atoms with Crippen LogP contribution in [0, 0.1) is 12.3 Å². The molecular formula is C31H40ClN3O3. The molecule has 2 saturated heterocycles. The van der Waals surface area contributed by atoms with Gasteiger partial charge in [0.2, 0.25) is 5.91 Å². The molecule has 2 aromatic carbocycles. The zero-order valence-electron chi connectivity index (χ0n) is 23.0. The number of aromatic nitrogens is 1. The second kappa shape index (κ2) is 11.7. The van der Waals surface area contributed by atoms with Crippen LogP contribution < -0.4 is 4.74 Å². The molecule has 204 valence electrons. The third kappa shape index (κ3) is 5.88. The number of hydrogen-bond donors (Lipinski definition) is 0. The van der Waals surface area contributed by atoms with Gasteiger partial charge in [-0.3, -0.25) is 9.69 Å². The molecule has 2 aliphatic rings. The summed E-state index contributed by atoms with van der Waals surface area (Å²) in [6.45, 7) is 10.0. The average Bonchev–Trinajstić information content (AvgIpc) is 3.25. The number of likely N-dealkylation sites (tertiary alicyclic amines) is 1. The number of para-hydroxylation sites is 1. The van der Waals surface area contributed by atoms with Crippen LogP contribution in [-0.4, -0.2) is 66.3 Å². The van der Waals surface area contributed by atoms with Gasteiger partial charge in [0.25, 0.3) is 0 Å². The average molecular weight is 538 g/mol. The van der Waals surface area contributed by atoms with Gasteiger partial charge in [-0.2, -0.15) is 0 Å². The predicted molar refractivity (Wildman–Crippen MR) is 153 cm³/mol. The van der Waals surface area contributed by atoms with Gasteiger partial charge < -0.3 is 18.9 Å². The molecule has 5 rings (SSSR count). The largest absolute Gasteiger partial charge is 0.493 e. The second-order valence-electron chi connectivity index (χ2n) is 11.1. The van der Waals surface area contributed by atoms with Crippen molar-refractivity contribution in [3.8, 4) is 5.75 Å². The van der Waals surface area contributed by atoms with Crippen LogP contribution in [0.2, 0.25) is 5.02 Å². The summed E-state index contributed by atoms with van der Waals surface area (Å²) in [4.78, 5) is 18.0. The highest BCUT2D eigenvalue weighted by Gasteiger charge is 2.40. The number of fused-ring (bicyclic) bond motifs is 1. The summed E-state index contributed by atoms with van der Waals surface area (Å²) in [6, 6.07) is 12.4. The van der Waals surface area contributed by atoms with Crippen LogP contribution in [0.15, 0.2) is 42.6 Å². The van der Waals surface area contributed by atoms with Crippen LogP contribution in [0.25, 0.3) is 10.9 Å². The molecule has 0 aliphatic carbocycles. The topological polar surface area (TPSA) is 46.9 Å². The summed E-state index contributed by atoms with van der Waals surface area (Å²) in [5.74, 6) is 1.02. The summed E-state index contributed by atoms with van der Waals surface area (Å²) in [5.41, 5.74) is 4.81. The fraction of sp³-hybridized carbons (Fsp3) is 0.516. The zero-order chi connectivity index (χ0) is 26.7. The summed E-state index contributed by atoms with van der Waals surface area (Å²) in [7, 11) is 2.15. The van der Waals surface area contributed by atoms with Gasteiger partial charge in [-0.25, -0.2) is 0 Å². The molecule has 0 bridgehead atoms. The van der Waals surface area contributed by atoms with E-state index < -0.39 is 0 Å². The molecule has 0 saturated carbocycles. The summed E-state index contributed by atoms with van der Waals surface area (Å²) in [5, 5.41) is 2.07. The van der Waals surface area contributed by atoms with Gasteiger partial charge in [-0.05, 0) is 67.6 Å². The van der Waals surface area contributed by atoms with E-state index in [-0.39, 0.29) is 11.3 Å². The minimum absolute atomic E-state index is 0.212. The van der Waals surface area contributed by atoms with Crippen molar-refractivity contribution >= 4 is 28.4 Å². The Morgan fingerprint density at radius 2 is 1.95 bits per heavy atom. The number of hydrogen-bond acceptors (Lipinski definition) is 4. The Kier molecular flexibility index (Phi) is 8.32. The molecular weight excluding hydrogens is 498 g/mol. The van der Waals surface area contributed by atoms with Gasteiger partial charge in [0, 0.05) is 61.7 Å². The smallest absolute Gasteiger partial charge is 0.223 e. The molecule has 2 aliphatic heterocycles. The molecule has 7 heteroatoms. The highest BCUT2D eigenvalue weighted by molar-refractivity contribution is 6.31. The van der Waals surface area contributed by atoms with Crippen molar-refractivity contribution in [2.24, 2.45) is 12.5 Å². The molecule has 2 fully saturated rings. The number of amides is 1. The molecule has 1 amide bonds. The van der Waals surface area contributed by atoms with Crippen LogP contribution in [0.5, 0.6) is 5.75 Å². The van der Waals surface area contributed by atoms with Crippen LogP contribution in [0.4, 0.5) is 0 Å². The van der Waals surface area contributed by atoms with E-state index in [2.05, 4.69) is 47.8 Å². The maximum absolute atomic E-state index is 13.5. The summed E-state index contributed by atoms with van der Waals surface area (Å²) >= 11 is 6.25. The number of aryl methyl sites for hydroxylation is 3. The monoisotopic (exact) mass is 537 g/mol. The SMILES string of the molecule is CCc1cccc2c(CN3CCC[C@](COc4ccc(Cl)c(C)c4)(CC(=O)N4CCOCC4)C3)cn(C)c12. The number of benzene rings is 2. The van der Waals surface area contributed by atoms with Crippen LogP contribution in [0.3, 0.4) is 0 Å². The number of carbonyl (C=O) groups is 1. The highest BCUT2D eigenvalue weighted by Crippen LogP contribution is 2.37. The molecule has 1 atom stereocenters. The van der Waals surface area contributed by atoms with Gasteiger partial charge in [-0.15, -0.1) is 0 Å². The highest BCUT2D eigenvalue weighted by atomic mass is 35.5. The third-order valence-electron chi connectivity index (χ3n) is 8.25. The minimum atomic E-state index is -0.250. The lowest BCUT2D eigenvalue weighted by Gasteiger charge is -2.43. The molecule has 1 aromatic heterocycles. The molecule has 3 heterocycles. The first kappa shape index (κ1) is 27.0. The molecule has 38 heavy (non-hydrogen) atoms. The Balaban J connectivity index is 1.37. The van der Waals surface area contributed by atoms with Crippen molar-refractivity contribution in [1.82, 2.24) is 14.4 Å². The van der Waals surface area contributed by atoms with Crippen molar-refractivity contribution in [2.45, 2.75) is 46.1 Å².